The Hall–Kier alpha value is -2.01. The van der Waals surface area contributed by atoms with Crippen LogP contribution in [0.3, 0.4) is 0 Å². The molecule has 1 heterocycles. The molecule has 0 radical (unpaired) electrons. The van der Waals surface area contributed by atoms with Crippen LogP contribution in [0.25, 0.3) is 0 Å². The number of carboxylic acid groups (broad SMARTS) is 1. The highest BCUT2D eigenvalue weighted by atomic mass is 32.1. The summed E-state index contributed by atoms with van der Waals surface area (Å²) in [5, 5.41) is 14.4. The van der Waals surface area contributed by atoms with E-state index in [9.17, 15) is 4.79 Å². The number of nitrogen functional groups attached to an aromatic ring is 1. The number of anilines is 2. The second kappa shape index (κ2) is 5.75. The topological polar surface area (TPSA) is 75.3 Å². The molecule has 0 spiro atoms. The van der Waals surface area contributed by atoms with Gasteiger partial charge in [-0.1, -0.05) is 13.0 Å². The maximum atomic E-state index is 11.1. The van der Waals surface area contributed by atoms with Gasteiger partial charge in [0.2, 0.25) is 0 Å². The molecule has 0 amide bonds. The predicted octanol–water partition coefficient (Wildman–Crippen LogP) is 3.59. The van der Waals surface area contributed by atoms with Crippen LogP contribution in [-0.2, 0) is 0 Å². The van der Waals surface area contributed by atoms with Gasteiger partial charge in [0, 0.05) is 16.3 Å². The predicted molar refractivity (Wildman–Crippen MR) is 78.8 cm³/mol. The summed E-state index contributed by atoms with van der Waals surface area (Å²) in [4.78, 5) is 12.3. The first kappa shape index (κ1) is 13.4. The summed E-state index contributed by atoms with van der Waals surface area (Å²) in [6, 6.07) is 9.26. The highest BCUT2D eigenvalue weighted by Crippen LogP contribution is 2.27. The van der Waals surface area contributed by atoms with Gasteiger partial charge in [0.05, 0.1) is 11.6 Å². The lowest BCUT2D eigenvalue weighted by atomic mass is 10.1. The van der Waals surface area contributed by atoms with Crippen LogP contribution in [0.1, 0.15) is 34.6 Å². The van der Waals surface area contributed by atoms with Gasteiger partial charge in [-0.25, -0.2) is 4.79 Å². The van der Waals surface area contributed by atoms with Crippen LogP contribution in [0, 0.1) is 0 Å². The fourth-order valence-corrected chi connectivity index (χ4v) is 2.76. The van der Waals surface area contributed by atoms with Crippen LogP contribution in [0.15, 0.2) is 35.7 Å². The van der Waals surface area contributed by atoms with Crippen molar-refractivity contribution in [3.63, 3.8) is 0 Å². The average Bonchev–Trinajstić information content (AvgIpc) is 2.91. The van der Waals surface area contributed by atoms with E-state index in [1.54, 1.807) is 29.5 Å². The molecule has 0 fully saturated rings. The summed E-state index contributed by atoms with van der Waals surface area (Å²) in [7, 11) is 0. The molecule has 1 atom stereocenters. The largest absolute Gasteiger partial charge is 0.478 e. The third kappa shape index (κ3) is 3.06. The molecule has 5 heteroatoms. The summed E-state index contributed by atoms with van der Waals surface area (Å²) in [5.74, 6) is -1.01. The Morgan fingerprint density at radius 3 is 2.84 bits per heavy atom. The van der Waals surface area contributed by atoms with E-state index in [2.05, 4.69) is 18.3 Å². The number of carboxylic acids is 1. The van der Waals surface area contributed by atoms with E-state index in [0.29, 0.717) is 0 Å². The molecule has 0 aliphatic heterocycles. The van der Waals surface area contributed by atoms with Crippen LogP contribution >= 0.6 is 11.3 Å². The first-order valence-corrected chi connectivity index (χ1v) is 6.92. The molecule has 0 bridgehead atoms. The van der Waals surface area contributed by atoms with Crippen LogP contribution in [0.5, 0.6) is 0 Å². The van der Waals surface area contributed by atoms with Gasteiger partial charge in [-0.05, 0) is 36.1 Å². The molecule has 0 saturated heterocycles. The second-order valence-corrected chi connectivity index (χ2v) is 5.21. The molecule has 1 aromatic heterocycles. The molecule has 1 unspecified atom stereocenters. The molecule has 4 N–H and O–H groups in total. The summed E-state index contributed by atoms with van der Waals surface area (Å²) < 4.78 is 0. The Balaban J connectivity index is 2.23. The number of hydrogen-bond acceptors (Lipinski definition) is 4. The van der Waals surface area contributed by atoms with Crippen LogP contribution < -0.4 is 11.1 Å². The van der Waals surface area contributed by atoms with Crippen molar-refractivity contribution in [1.29, 1.82) is 0 Å². The maximum absolute atomic E-state index is 11.1. The van der Waals surface area contributed by atoms with Gasteiger partial charge in [-0.2, -0.15) is 0 Å². The monoisotopic (exact) mass is 276 g/mol. The van der Waals surface area contributed by atoms with E-state index in [1.807, 2.05) is 11.4 Å². The summed E-state index contributed by atoms with van der Waals surface area (Å²) in [5.41, 5.74) is 6.82. The molecule has 19 heavy (non-hydrogen) atoms. The van der Waals surface area contributed by atoms with Crippen molar-refractivity contribution in [3.05, 3.63) is 46.2 Å². The minimum Gasteiger partial charge on any atom is -0.478 e. The number of rotatable bonds is 5. The molecule has 100 valence electrons. The van der Waals surface area contributed by atoms with Gasteiger partial charge in [0.15, 0.2) is 0 Å². The van der Waals surface area contributed by atoms with Crippen molar-refractivity contribution < 1.29 is 9.90 Å². The minimum absolute atomic E-state index is 0.131. The molecule has 4 nitrogen and oxygen atoms in total. The summed E-state index contributed by atoms with van der Waals surface area (Å²) in [6.07, 6.45) is 0.924. The molecular formula is C14H16N2O2S. The quantitative estimate of drug-likeness (QED) is 0.729. The van der Waals surface area contributed by atoms with Crippen molar-refractivity contribution in [2.75, 3.05) is 11.1 Å². The van der Waals surface area contributed by atoms with Gasteiger partial charge in [-0.3, -0.25) is 0 Å². The third-order valence-corrected chi connectivity index (χ3v) is 3.91. The first-order valence-electron chi connectivity index (χ1n) is 6.04. The zero-order valence-corrected chi connectivity index (χ0v) is 11.4. The van der Waals surface area contributed by atoms with Crippen molar-refractivity contribution in [3.8, 4) is 0 Å². The normalized spacial score (nSPS) is 12.1. The average molecular weight is 276 g/mol. The second-order valence-electron chi connectivity index (χ2n) is 4.23. The Kier molecular flexibility index (Phi) is 4.06. The van der Waals surface area contributed by atoms with Crippen LogP contribution in [-0.4, -0.2) is 11.1 Å². The third-order valence-electron chi connectivity index (χ3n) is 2.92. The fraction of sp³-hybridized carbons (Fsp3) is 0.214. The number of nitrogens with two attached hydrogens (primary N) is 1. The molecule has 0 saturated carbocycles. The van der Waals surface area contributed by atoms with E-state index >= 15 is 0 Å². The van der Waals surface area contributed by atoms with E-state index in [0.717, 1.165) is 12.1 Å². The molecular weight excluding hydrogens is 260 g/mol. The van der Waals surface area contributed by atoms with Crippen molar-refractivity contribution in [2.24, 2.45) is 0 Å². The molecule has 0 aliphatic rings. The van der Waals surface area contributed by atoms with E-state index in [1.165, 1.54) is 4.88 Å². The number of aromatic carboxylic acids is 1. The number of carbonyl (C=O) groups is 1. The number of nitrogens with one attached hydrogen (secondary N) is 1. The summed E-state index contributed by atoms with van der Waals surface area (Å²) >= 11 is 1.68. The van der Waals surface area contributed by atoms with Crippen molar-refractivity contribution in [1.82, 2.24) is 0 Å². The van der Waals surface area contributed by atoms with E-state index < -0.39 is 5.97 Å². The molecule has 1 aromatic carbocycles. The van der Waals surface area contributed by atoms with Crippen molar-refractivity contribution in [2.45, 2.75) is 19.4 Å². The zero-order valence-electron chi connectivity index (χ0n) is 10.6. The molecule has 2 rings (SSSR count). The standard InChI is InChI=1S/C14H16N2O2S/c1-2-12(13-4-3-7-19-13)16-9-5-6-11(15)10(8-9)14(17)18/h3-8,12,16H,2,15H2,1H3,(H,17,18). The smallest absolute Gasteiger partial charge is 0.337 e. The lowest BCUT2D eigenvalue weighted by Gasteiger charge is -2.17. The number of hydrogen-bond donors (Lipinski definition) is 3. The van der Waals surface area contributed by atoms with Crippen LogP contribution in [0.4, 0.5) is 11.4 Å². The van der Waals surface area contributed by atoms with Gasteiger partial charge in [0.1, 0.15) is 0 Å². The van der Waals surface area contributed by atoms with Crippen LogP contribution in [0.2, 0.25) is 0 Å². The first-order chi connectivity index (χ1) is 9.11. The Labute approximate surface area is 115 Å². The molecule has 0 aliphatic carbocycles. The minimum atomic E-state index is -1.01. The highest BCUT2D eigenvalue weighted by Gasteiger charge is 2.13. The van der Waals surface area contributed by atoms with E-state index in [4.69, 9.17) is 10.8 Å². The number of thiophene rings is 1. The number of benzene rings is 1. The maximum Gasteiger partial charge on any atom is 0.337 e. The van der Waals surface area contributed by atoms with Crippen molar-refractivity contribution >= 4 is 28.7 Å². The van der Waals surface area contributed by atoms with Gasteiger partial charge >= 0.3 is 5.97 Å². The lowest BCUT2D eigenvalue weighted by Crippen LogP contribution is -2.10. The Morgan fingerprint density at radius 1 is 1.47 bits per heavy atom. The van der Waals surface area contributed by atoms with Gasteiger partial charge in [-0.15, -0.1) is 11.3 Å². The zero-order chi connectivity index (χ0) is 13.8. The molecule has 2 aromatic rings. The fourth-order valence-electron chi connectivity index (χ4n) is 1.90. The highest BCUT2D eigenvalue weighted by molar-refractivity contribution is 7.10. The SMILES string of the molecule is CCC(Nc1ccc(N)c(C(=O)O)c1)c1cccs1. The Morgan fingerprint density at radius 2 is 2.26 bits per heavy atom. The van der Waals surface area contributed by atoms with Gasteiger partial charge in [0.25, 0.3) is 0 Å². The Bertz CT molecular complexity index is 567. The van der Waals surface area contributed by atoms with E-state index in [-0.39, 0.29) is 17.3 Å². The lowest BCUT2D eigenvalue weighted by molar-refractivity contribution is 0.0698. The summed E-state index contributed by atoms with van der Waals surface area (Å²) in [6.45, 7) is 2.09. The van der Waals surface area contributed by atoms with Gasteiger partial charge < -0.3 is 16.2 Å².